The van der Waals surface area contributed by atoms with Crippen LogP contribution in [-0.2, 0) is 25.6 Å². The molecule has 3 aromatic rings. The van der Waals surface area contributed by atoms with Gasteiger partial charge >= 0.3 is 23.9 Å². The predicted molar refractivity (Wildman–Crippen MR) is 182 cm³/mol. The number of unbranched alkanes of at least 4 members (excludes halogenated alkanes) is 7. The van der Waals surface area contributed by atoms with Crippen LogP contribution in [0.3, 0.4) is 0 Å². The van der Waals surface area contributed by atoms with E-state index in [0.717, 1.165) is 44.1 Å². The van der Waals surface area contributed by atoms with Gasteiger partial charge in [0, 0.05) is 0 Å². The van der Waals surface area contributed by atoms with Gasteiger partial charge in [0.2, 0.25) is 0 Å². The maximum absolute atomic E-state index is 12.2. The Hall–Kier alpha value is -4.46. The minimum absolute atomic E-state index is 0.166. The zero-order chi connectivity index (χ0) is 34.1. The highest BCUT2D eigenvalue weighted by molar-refractivity contribution is 6.03. The van der Waals surface area contributed by atoms with Crippen molar-refractivity contribution in [2.45, 2.75) is 91.6 Å². The first-order valence-corrected chi connectivity index (χ1v) is 16.8. The van der Waals surface area contributed by atoms with Gasteiger partial charge in [-0.25, -0.2) is 19.2 Å². The summed E-state index contributed by atoms with van der Waals surface area (Å²) in [6.07, 6.45) is 10.3. The van der Waals surface area contributed by atoms with Crippen LogP contribution in [0.1, 0.15) is 132 Å². The van der Waals surface area contributed by atoms with Crippen molar-refractivity contribution < 1.29 is 38.1 Å². The summed E-state index contributed by atoms with van der Waals surface area (Å²) >= 11 is 0. The lowest BCUT2D eigenvalue weighted by molar-refractivity contribution is 0.0437. The quantitative estimate of drug-likeness (QED) is 0.0721. The third-order valence-electron chi connectivity index (χ3n) is 7.14. The van der Waals surface area contributed by atoms with Crippen LogP contribution in [0.25, 0.3) is 0 Å². The van der Waals surface area contributed by atoms with Crippen LogP contribution in [0, 0.1) is 0 Å². The fourth-order valence-corrected chi connectivity index (χ4v) is 4.38. The fourth-order valence-electron chi connectivity index (χ4n) is 4.38. The Morgan fingerprint density at radius 2 is 0.745 bits per heavy atom. The summed E-state index contributed by atoms with van der Waals surface area (Å²) in [5, 5.41) is 0. The van der Waals surface area contributed by atoms with Gasteiger partial charge in [0.25, 0.3) is 0 Å². The van der Waals surface area contributed by atoms with Crippen molar-refractivity contribution in [1.29, 1.82) is 0 Å². The summed E-state index contributed by atoms with van der Waals surface area (Å²) in [7, 11) is 0. The standard InChI is InChI=1S/C20H30O4.C19H20O4/c1-3-5-7-8-9-12-16-24-20(22)18-14-11-10-13-17(18)19(21)23-15-6-4-2;1-2-3-13-22-18(20)16-11-7-8-12-17(16)19(21)23-14-15-9-5-4-6-10-15/h10-11,13-14H,3-9,12,15-16H2,1-2H3;4-12H,2-3,13-14H2,1H3. The van der Waals surface area contributed by atoms with Gasteiger partial charge < -0.3 is 18.9 Å². The van der Waals surface area contributed by atoms with Crippen molar-refractivity contribution in [1.82, 2.24) is 0 Å². The summed E-state index contributed by atoms with van der Waals surface area (Å²) in [4.78, 5) is 48.6. The lowest BCUT2D eigenvalue weighted by atomic mass is 10.1. The Bertz CT molecular complexity index is 1350. The summed E-state index contributed by atoms with van der Waals surface area (Å²) in [5.41, 5.74) is 1.92. The number of carbonyl (C=O) groups excluding carboxylic acids is 4. The average molecular weight is 647 g/mol. The molecule has 0 aliphatic rings. The Morgan fingerprint density at radius 1 is 0.404 bits per heavy atom. The molecule has 8 nitrogen and oxygen atoms in total. The zero-order valence-corrected chi connectivity index (χ0v) is 28.2. The first-order chi connectivity index (χ1) is 22.9. The molecule has 0 radical (unpaired) electrons. The molecule has 0 atom stereocenters. The molecule has 0 fully saturated rings. The smallest absolute Gasteiger partial charge is 0.339 e. The lowest BCUT2D eigenvalue weighted by Gasteiger charge is -2.09. The van der Waals surface area contributed by atoms with Crippen LogP contribution in [0.4, 0.5) is 0 Å². The molecule has 0 bridgehead atoms. The largest absolute Gasteiger partial charge is 0.462 e. The zero-order valence-electron chi connectivity index (χ0n) is 28.2. The molecule has 3 aromatic carbocycles. The van der Waals surface area contributed by atoms with Crippen LogP contribution < -0.4 is 0 Å². The summed E-state index contributed by atoms with van der Waals surface area (Å²) in [5.74, 6) is -1.94. The molecule has 0 aliphatic heterocycles. The van der Waals surface area contributed by atoms with Gasteiger partial charge in [-0.15, -0.1) is 0 Å². The SMILES string of the molecule is CCCCCCCCOC(=O)c1ccccc1C(=O)OCCCC.CCCCOC(=O)c1ccccc1C(=O)OCc1ccccc1. The van der Waals surface area contributed by atoms with Crippen molar-refractivity contribution in [3.8, 4) is 0 Å². The van der Waals surface area contributed by atoms with Gasteiger partial charge in [-0.3, -0.25) is 0 Å². The average Bonchev–Trinajstić information content (AvgIpc) is 3.11. The number of rotatable bonds is 19. The number of hydrogen-bond donors (Lipinski definition) is 0. The summed E-state index contributed by atoms with van der Waals surface area (Å²) in [6.45, 7) is 7.51. The van der Waals surface area contributed by atoms with E-state index in [1.54, 1.807) is 48.5 Å². The maximum atomic E-state index is 12.2. The predicted octanol–water partition coefficient (Wildman–Crippen LogP) is 9.16. The molecular weight excluding hydrogens is 596 g/mol. The number of benzene rings is 3. The molecule has 0 N–H and O–H groups in total. The van der Waals surface area contributed by atoms with Crippen LogP contribution in [0.5, 0.6) is 0 Å². The van der Waals surface area contributed by atoms with E-state index in [9.17, 15) is 19.2 Å². The van der Waals surface area contributed by atoms with Gasteiger partial charge in [0.05, 0.1) is 42.1 Å². The van der Waals surface area contributed by atoms with Gasteiger partial charge in [0.1, 0.15) is 6.61 Å². The minimum atomic E-state index is -0.531. The third-order valence-corrected chi connectivity index (χ3v) is 7.14. The molecule has 0 saturated heterocycles. The van der Waals surface area contributed by atoms with Crippen molar-refractivity contribution in [3.63, 3.8) is 0 Å². The number of hydrogen-bond acceptors (Lipinski definition) is 8. The van der Waals surface area contributed by atoms with Gasteiger partial charge in [-0.2, -0.15) is 0 Å². The van der Waals surface area contributed by atoms with Crippen LogP contribution in [0.2, 0.25) is 0 Å². The summed E-state index contributed by atoms with van der Waals surface area (Å²) in [6, 6.07) is 22.6. The minimum Gasteiger partial charge on any atom is -0.462 e. The van der Waals surface area contributed by atoms with Gasteiger partial charge in [-0.1, -0.05) is 120 Å². The topological polar surface area (TPSA) is 105 Å². The van der Waals surface area contributed by atoms with Crippen molar-refractivity contribution >= 4 is 23.9 Å². The molecule has 0 spiro atoms. The Labute approximate surface area is 279 Å². The van der Waals surface area contributed by atoms with E-state index < -0.39 is 23.9 Å². The second-order valence-electron chi connectivity index (χ2n) is 11.0. The van der Waals surface area contributed by atoms with E-state index in [4.69, 9.17) is 18.9 Å². The van der Waals surface area contributed by atoms with Crippen molar-refractivity contribution in [2.24, 2.45) is 0 Å². The Balaban J connectivity index is 0.000000327. The van der Waals surface area contributed by atoms with Crippen molar-refractivity contribution in [2.75, 3.05) is 19.8 Å². The monoisotopic (exact) mass is 646 g/mol. The van der Waals surface area contributed by atoms with E-state index in [1.807, 2.05) is 44.2 Å². The first kappa shape index (κ1) is 38.7. The number of ether oxygens (including phenoxy) is 4. The van der Waals surface area contributed by atoms with Crippen LogP contribution in [-0.4, -0.2) is 43.7 Å². The highest BCUT2D eigenvalue weighted by Gasteiger charge is 2.20. The molecule has 3 rings (SSSR count). The van der Waals surface area contributed by atoms with E-state index in [2.05, 4.69) is 6.92 Å². The van der Waals surface area contributed by atoms with Crippen molar-refractivity contribution in [3.05, 3.63) is 107 Å². The maximum Gasteiger partial charge on any atom is 0.339 e. The van der Waals surface area contributed by atoms with E-state index in [-0.39, 0.29) is 28.9 Å². The van der Waals surface area contributed by atoms with Crippen LogP contribution >= 0.6 is 0 Å². The molecule has 0 saturated carbocycles. The van der Waals surface area contributed by atoms with Gasteiger partial charge in [0.15, 0.2) is 0 Å². The van der Waals surface area contributed by atoms with Crippen LogP contribution in [0.15, 0.2) is 78.9 Å². The number of carbonyl (C=O) groups is 4. The lowest BCUT2D eigenvalue weighted by Crippen LogP contribution is -2.15. The molecule has 0 aromatic heterocycles. The molecule has 8 heteroatoms. The van der Waals surface area contributed by atoms with E-state index >= 15 is 0 Å². The first-order valence-electron chi connectivity index (χ1n) is 16.8. The normalized spacial score (nSPS) is 10.3. The second-order valence-corrected chi connectivity index (χ2v) is 11.0. The second kappa shape index (κ2) is 23.8. The molecule has 47 heavy (non-hydrogen) atoms. The van der Waals surface area contributed by atoms with E-state index in [0.29, 0.717) is 19.8 Å². The Kier molecular flexibility index (Phi) is 19.6. The fraction of sp³-hybridized carbons (Fsp3) is 0.436. The third kappa shape index (κ3) is 15.1. The highest BCUT2D eigenvalue weighted by atomic mass is 16.5. The van der Waals surface area contributed by atoms with E-state index in [1.165, 1.54) is 25.7 Å². The molecule has 0 amide bonds. The molecule has 0 aliphatic carbocycles. The summed E-state index contributed by atoms with van der Waals surface area (Å²) < 4.78 is 21.0. The number of esters is 4. The molecule has 254 valence electrons. The highest BCUT2D eigenvalue weighted by Crippen LogP contribution is 2.15. The Morgan fingerprint density at radius 3 is 1.17 bits per heavy atom. The van der Waals surface area contributed by atoms with Gasteiger partial charge in [-0.05, 0) is 49.1 Å². The molecule has 0 heterocycles. The molecular formula is C39H50O8. The molecule has 0 unspecified atom stereocenters.